The van der Waals surface area contributed by atoms with Crippen molar-refractivity contribution in [2.24, 2.45) is 0 Å². The number of hydrogen-bond acceptors (Lipinski definition) is 3. The van der Waals surface area contributed by atoms with Crippen LogP contribution < -0.4 is 10.6 Å². The molecule has 0 saturated carbocycles. The number of fused-ring (bicyclic) bond motifs is 1. The van der Waals surface area contributed by atoms with Gasteiger partial charge < -0.3 is 15.5 Å². The lowest BCUT2D eigenvalue weighted by Crippen LogP contribution is -2.27. The number of carbonyl (C=O) groups excluding carboxylic acids is 1. The predicted octanol–water partition coefficient (Wildman–Crippen LogP) is 4.61. The second kappa shape index (κ2) is 8.89. The number of hydrogen-bond donors (Lipinski definition) is 2. The van der Waals surface area contributed by atoms with Gasteiger partial charge in [0.2, 0.25) is 0 Å². The molecule has 0 aromatic heterocycles. The normalized spacial score (nSPS) is 12.2. The van der Waals surface area contributed by atoms with E-state index in [1.807, 2.05) is 64.3 Å². The van der Waals surface area contributed by atoms with Crippen LogP contribution in [0.3, 0.4) is 0 Å². The highest BCUT2D eigenvalue weighted by Gasteiger charge is 2.15. The fraction of sp³-hybridized carbons (Fsp3) is 0.292. The molecule has 146 valence electrons. The number of nitrogens with one attached hydrogen (secondary N) is 2. The van der Waals surface area contributed by atoms with Crippen LogP contribution in [-0.4, -0.2) is 38.0 Å². The Bertz CT molecular complexity index is 960. The number of rotatable bonds is 7. The molecule has 0 fully saturated rings. The van der Waals surface area contributed by atoms with Crippen LogP contribution in [0.15, 0.2) is 60.7 Å². The van der Waals surface area contributed by atoms with Crippen molar-refractivity contribution >= 4 is 22.4 Å². The first kappa shape index (κ1) is 19.9. The van der Waals surface area contributed by atoms with Crippen LogP contribution >= 0.6 is 0 Å². The Morgan fingerprint density at radius 1 is 1.04 bits per heavy atom. The van der Waals surface area contributed by atoms with Crippen molar-refractivity contribution in [1.29, 1.82) is 0 Å². The van der Waals surface area contributed by atoms with E-state index in [-0.39, 0.29) is 11.9 Å². The van der Waals surface area contributed by atoms with Gasteiger partial charge in [0.25, 0.3) is 5.91 Å². The lowest BCUT2D eigenvalue weighted by molar-refractivity contribution is 0.0939. The number of aryl methyl sites for hydroxylation is 1. The molecule has 1 amide bonds. The molecule has 28 heavy (non-hydrogen) atoms. The highest BCUT2D eigenvalue weighted by molar-refractivity contribution is 5.97. The first-order chi connectivity index (χ1) is 13.5. The minimum absolute atomic E-state index is 0.0470. The van der Waals surface area contributed by atoms with Crippen molar-refractivity contribution in [3.05, 3.63) is 77.4 Å². The van der Waals surface area contributed by atoms with E-state index in [0.29, 0.717) is 5.56 Å². The van der Waals surface area contributed by atoms with E-state index in [0.717, 1.165) is 29.9 Å². The summed E-state index contributed by atoms with van der Waals surface area (Å²) in [4.78, 5) is 15.1. The molecule has 3 rings (SSSR count). The second-order valence-corrected chi connectivity index (χ2v) is 7.52. The summed E-state index contributed by atoms with van der Waals surface area (Å²) in [5.74, 6) is -0.0470. The van der Waals surface area contributed by atoms with Crippen LogP contribution in [0.2, 0.25) is 0 Å². The third-order valence-electron chi connectivity index (χ3n) is 5.01. The summed E-state index contributed by atoms with van der Waals surface area (Å²) in [5.41, 5.74) is 3.78. The summed E-state index contributed by atoms with van der Waals surface area (Å²) in [6.07, 6.45) is 0. The topological polar surface area (TPSA) is 44.4 Å². The van der Waals surface area contributed by atoms with Gasteiger partial charge in [0, 0.05) is 24.3 Å². The van der Waals surface area contributed by atoms with E-state index in [4.69, 9.17) is 0 Å². The number of benzene rings is 3. The maximum atomic E-state index is 13.0. The van der Waals surface area contributed by atoms with E-state index in [1.54, 1.807) is 0 Å². The molecule has 0 aliphatic carbocycles. The van der Waals surface area contributed by atoms with Crippen LogP contribution in [0, 0.1) is 6.92 Å². The summed E-state index contributed by atoms with van der Waals surface area (Å²) < 4.78 is 0. The second-order valence-electron chi connectivity index (χ2n) is 7.52. The lowest BCUT2D eigenvalue weighted by Gasteiger charge is -2.18. The summed E-state index contributed by atoms with van der Waals surface area (Å²) in [6.45, 7) is 5.78. The number of amides is 1. The number of anilines is 1. The Hall–Kier alpha value is -2.85. The van der Waals surface area contributed by atoms with Gasteiger partial charge in [-0.3, -0.25) is 4.79 Å². The van der Waals surface area contributed by atoms with Gasteiger partial charge in [0.15, 0.2) is 0 Å². The van der Waals surface area contributed by atoms with Crippen molar-refractivity contribution in [2.45, 2.75) is 19.9 Å². The molecular formula is C24H29N3O. The summed E-state index contributed by atoms with van der Waals surface area (Å²) in [6, 6.07) is 20.4. The Morgan fingerprint density at radius 3 is 2.57 bits per heavy atom. The maximum absolute atomic E-state index is 13.0. The number of likely N-dealkylation sites (N-methyl/N-ethyl adjacent to an activating group) is 1. The van der Waals surface area contributed by atoms with Gasteiger partial charge in [-0.1, -0.05) is 48.5 Å². The summed E-state index contributed by atoms with van der Waals surface area (Å²) in [5, 5.41) is 8.92. The molecule has 0 bridgehead atoms. The lowest BCUT2D eigenvalue weighted by atomic mass is 9.99. The van der Waals surface area contributed by atoms with E-state index >= 15 is 0 Å². The third-order valence-corrected chi connectivity index (χ3v) is 5.01. The molecular weight excluding hydrogens is 346 g/mol. The average molecular weight is 376 g/mol. The highest BCUT2D eigenvalue weighted by Crippen LogP contribution is 2.25. The fourth-order valence-electron chi connectivity index (χ4n) is 3.38. The maximum Gasteiger partial charge on any atom is 0.252 e. The summed E-state index contributed by atoms with van der Waals surface area (Å²) in [7, 11) is 4.09. The molecule has 0 saturated heterocycles. The molecule has 0 spiro atoms. The average Bonchev–Trinajstić information content (AvgIpc) is 2.68. The Balaban J connectivity index is 1.76. The molecule has 3 aromatic rings. The van der Waals surface area contributed by atoms with E-state index in [1.165, 1.54) is 10.8 Å². The SMILES string of the molecule is Cc1ccc(NCCN(C)C)cc1C(=O)N[C@H](C)c1cccc2ccccc12. The van der Waals surface area contributed by atoms with Crippen molar-refractivity contribution in [1.82, 2.24) is 10.2 Å². The first-order valence-corrected chi connectivity index (χ1v) is 9.73. The standard InChI is InChI=1S/C24H29N3O/c1-17-12-13-20(25-14-15-27(3)4)16-23(17)24(28)26-18(2)21-11-7-9-19-8-5-6-10-22(19)21/h5-13,16,18,25H,14-15H2,1-4H3,(H,26,28)/t18-/m1/s1. The van der Waals surface area contributed by atoms with Gasteiger partial charge in [0.1, 0.15) is 0 Å². The van der Waals surface area contributed by atoms with Crippen molar-refractivity contribution in [3.63, 3.8) is 0 Å². The molecule has 0 heterocycles. The largest absolute Gasteiger partial charge is 0.384 e. The quantitative estimate of drug-likeness (QED) is 0.634. The van der Waals surface area contributed by atoms with E-state index in [9.17, 15) is 4.79 Å². The Kier molecular flexibility index (Phi) is 6.32. The number of nitrogens with zero attached hydrogens (tertiary/aromatic N) is 1. The molecule has 0 radical (unpaired) electrons. The van der Waals surface area contributed by atoms with Crippen molar-refractivity contribution in [3.8, 4) is 0 Å². The zero-order valence-electron chi connectivity index (χ0n) is 17.1. The molecule has 0 aliphatic rings. The molecule has 4 heteroatoms. The molecule has 0 unspecified atom stereocenters. The van der Waals surface area contributed by atoms with Crippen LogP contribution in [0.25, 0.3) is 10.8 Å². The van der Waals surface area contributed by atoms with Crippen LogP contribution in [0.1, 0.15) is 34.5 Å². The van der Waals surface area contributed by atoms with Gasteiger partial charge in [-0.05, 0) is 62.0 Å². The molecule has 0 aliphatic heterocycles. The van der Waals surface area contributed by atoms with Gasteiger partial charge in [-0.25, -0.2) is 0 Å². The van der Waals surface area contributed by atoms with Crippen molar-refractivity contribution < 1.29 is 4.79 Å². The van der Waals surface area contributed by atoms with Gasteiger partial charge >= 0.3 is 0 Å². The van der Waals surface area contributed by atoms with Crippen LogP contribution in [0.4, 0.5) is 5.69 Å². The van der Waals surface area contributed by atoms with Gasteiger partial charge in [0.05, 0.1) is 6.04 Å². The van der Waals surface area contributed by atoms with Crippen molar-refractivity contribution in [2.75, 3.05) is 32.5 Å². The fourth-order valence-corrected chi connectivity index (χ4v) is 3.38. The molecule has 1 atom stereocenters. The predicted molar refractivity (Wildman–Crippen MR) is 118 cm³/mol. The van der Waals surface area contributed by atoms with Crippen LogP contribution in [-0.2, 0) is 0 Å². The smallest absolute Gasteiger partial charge is 0.252 e. The number of carbonyl (C=O) groups is 1. The third kappa shape index (κ3) is 4.70. The Morgan fingerprint density at radius 2 is 1.79 bits per heavy atom. The minimum atomic E-state index is -0.0802. The molecule has 3 aromatic carbocycles. The van der Waals surface area contributed by atoms with Gasteiger partial charge in [-0.15, -0.1) is 0 Å². The molecule has 2 N–H and O–H groups in total. The minimum Gasteiger partial charge on any atom is -0.384 e. The first-order valence-electron chi connectivity index (χ1n) is 9.73. The highest BCUT2D eigenvalue weighted by atomic mass is 16.1. The van der Waals surface area contributed by atoms with E-state index in [2.05, 4.69) is 39.8 Å². The molecule has 4 nitrogen and oxygen atoms in total. The van der Waals surface area contributed by atoms with Crippen LogP contribution in [0.5, 0.6) is 0 Å². The Labute approximate surface area is 167 Å². The summed E-state index contributed by atoms with van der Waals surface area (Å²) >= 11 is 0. The zero-order chi connectivity index (χ0) is 20.1. The van der Waals surface area contributed by atoms with E-state index < -0.39 is 0 Å². The zero-order valence-corrected chi connectivity index (χ0v) is 17.1. The van der Waals surface area contributed by atoms with Gasteiger partial charge in [-0.2, -0.15) is 0 Å². The monoisotopic (exact) mass is 375 g/mol.